The smallest absolute Gasteiger partial charge is 0.216 e. The molecule has 0 saturated heterocycles. The van der Waals surface area contributed by atoms with Crippen molar-refractivity contribution in [3.8, 4) is 0 Å². The van der Waals surface area contributed by atoms with E-state index in [-0.39, 0.29) is 18.1 Å². The second kappa shape index (κ2) is 6.65. The van der Waals surface area contributed by atoms with E-state index in [0.29, 0.717) is 17.9 Å². The Morgan fingerprint density at radius 3 is 2.30 bits per heavy atom. The third-order valence-electron chi connectivity index (χ3n) is 2.98. The summed E-state index contributed by atoms with van der Waals surface area (Å²) in [5.41, 5.74) is 5.58. The van der Waals surface area contributed by atoms with Crippen LogP contribution in [0.5, 0.6) is 0 Å². The van der Waals surface area contributed by atoms with Gasteiger partial charge in [0.05, 0.1) is 5.75 Å². The highest BCUT2D eigenvalue weighted by molar-refractivity contribution is 7.88. The lowest BCUT2D eigenvalue weighted by Crippen LogP contribution is -2.52. The highest BCUT2D eigenvalue weighted by Crippen LogP contribution is 2.18. The number of sulfonamides is 1. The molecule has 0 heterocycles. The van der Waals surface area contributed by atoms with E-state index in [0.717, 1.165) is 0 Å². The van der Waals surface area contributed by atoms with E-state index in [1.54, 1.807) is 6.92 Å². The fourth-order valence-corrected chi connectivity index (χ4v) is 3.90. The van der Waals surface area contributed by atoms with Gasteiger partial charge < -0.3 is 5.73 Å². The molecule has 3 N–H and O–H groups in total. The maximum atomic E-state index is 12.8. The zero-order chi connectivity index (χ0) is 15.4. The summed E-state index contributed by atoms with van der Waals surface area (Å²) in [4.78, 5) is 0. The molecule has 4 nitrogen and oxygen atoms in total. The highest BCUT2D eigenvalue weighted by atomic mass is 32.2. The summed E-state index contributed by atoms with van der Waals surface area (Å²) >= 11 is 0. The molecule has 20 heavy (non-hydrogen) atoms. The minimum Gasteiger partial charge on any atom is -0.329 e. The molecule has 0 saturated carbocycles. The van der Waals surface area contributed by atoms with Crippen LogP contribution in [0, 0.1) is 11.7 Å². The average Bonchev–Trinajstić information content (AvgIpc) is 2.30. The van der Waals surface area contributed by atoms with Gasteiger partial charge in [-0.2, -0.15) is 0 Å². The van der Waals surface area contributed by atoms with Crippen LogP contribution in [-0.2, 0) is 15.8 Å². The van der Waals surface area contributed by atoms with E-state index >= 15 is 0 Å². The first-order valence-corrected chi connectivity index (χ1v) is 8.27. The minimum atomic E-state index is -3.52. The van der Waals surface area contributed by atoms with Crippen molar-refractivity contribution >= 4 is 10.0 Å². The van der Waals surface area contributed by atoms with E-state index in [1.165, 1.54) is 24.3 Å². The molecule has 0 spiro atoms. The molecule has 6 heteroatoms. The Balaban J connectivity index is 2.80. The predicted molar refractivity (Wildman–Crippen MR) is 79.1 cm³/mol. The lowest BCUT2D eigenvalue weighted by molar-refractivity contribution is 0.344. The number of nitrogens with two attached hydrogens (primary N) is 1. The van der Waals surface area contributed by atoms with Crippen LogP contribution in [0.2, 0.25) is 0 Å². The molecule has 1 unspecified atom stereocenters. The lowest BCUT2D eigenvalue weighted by Gasteiger charge is -2.30. The van der Waals surface area contributed by atoms with Crippen molar-refractivity contribution in [2.45, 2.75) is 38.5 Å². The Kier molecular flexibility index (Phi) is 5.68. The summed E-state index contributed by atoms with van der Waals surface area (Å²) in [7, 11) is -3.52. The van der Waals surface area contributed by atoms with Crippen LogP contribution >= 0.6 is 0 Å². The van der Waals surface area contributed by atoms with Crippen LogP contribution in [0.15, 0.2) is 24.3 Å². The van der Waals surface area contributed by atoms with Gasteiger partial charge in [-0.3, -0.25) is 0 Å². The van der Waals surface area contributed by atoms with Gasteiger partial charge in [0, 0.05) is 12.1 Å². The molecule has 114 valence electrons. The monoisotopic (exact) mass is 302 g/mol. The van der Waals surface area contributed by atoms with Crippen molar-refractivity contribution in [2.24, 2.45) is 11.7 Å². The van der Waals surface area contributed by atoms with E-state index in [1.807, 2.05) is 13.8 Å². The molecule has 0 aliphatic rings. The van der Waals surface area contributed by atoms with Crippen LogP contribution in [0.25, 0.3) is 0 Å². The first-order valence-electron chi connectivity index (χ1n) is 6.62. The van der Waals surface area contributed by atoms with E-state index in [9.17, 15) is 12.8 Å². The number of hydrogen-bond donors (Lipinski definition) is 2. The molecule has 0 aliphatic carbocycles. The van der Waals surface area contributed by atoms with Crippen LogP contribution in [-0.4, -0.2) is 20.5 Å². The molecule has 1 aromatic rings. The fourth-order valence-electron chi connectivity index (χ4n) is 2.28. The number of halogens is 1. The lowest BCUT2D eigenvalue weighted by atomic mass is 9.92. The van der Waals surface area contributed by atoms with Gasteiger partial charge in [-0.05, 0) is 37.0 Å². The van der Waals surface area contributed by atoms with Gasteiger partial charge in [-0.1, -0.05) is 26.0 Å². The Labute approximate surface area is 120 Å². The Hall–Kier alpha value is -0.980. The Morgan fingerprint density at radius 1 is 1.30 bits per heavy atom. The first-order chi connectivity index (χ1) is 9.16. The number of benzene rings is 1. The highest BCUT2D eigenvalue weighted by Gasteiger charge is 2.29. The van der Waals surface area contributed by atoms with Gasteiger partial charge >= 0.3 is 0 Å². The maximum Gasteiger partial charge on any atom is 0.216 e. The third kappa shape index (κ3) is 5.56. The normalized spacial score (nSPS) is 15.3. The topological polar surface area (TPSA) is 72.2 Å². The van der Waals surface area contributed by atoms with Crippen molar-refractivity contribution < 1.29 is 12.8 Å². The van der Waals surface area contributed by atoms with E-state index < -0.39 is 15.6 Å². The summed E-state index contributed by atoms with van der Waals surface area (Å²) in [6.45, 7) is 6.06. The zero-order valence-electron chi connectivity index (χ0n) is 12.2. The van der Waals surface area contributed by atoms with Crippen LogP contribution in [0.3, 0.4) is 0 Å². The summed E-state index contributed by atoms with van der Waals surface area (Å²) < 4.78 is 39.8. The maximum absolute atomic E-state index is 12.8. The molecular formula is C14H23FN2O2S. The van der Waals surface area contributed by atoms with Gasteiger partial charge in [-0.15, -0.1) is 0 Å². The zero-order valence-corrected chi connectivity index (χ0v) is 13.0. The molecule has 0 fully saturated rings. The fraction of sp³-hybridized carbons (Fsp3) is 0.571. The number of hydrogen-bond acceptors (Lipinski definition) is 3. The van der Waals surface area contributed by atoms with E-state index in [2.05, 4.69) is 4.72 Å². The molecular weight excluding hydrogens is 279 g/mol. The van der Waals surface area contributed by atoms with Crippen LogP contribution in [0.4, 0.5) is 4.39 Å². The van der Waals surface area contributed by atoms with Gasteiger partial charge in [0.15, 0.2) is 0 Å². The Bertz CT molecular complexity index is 529. The van der Waals surface area contributed by atoms with Crippen molar-refractivity contribution in [3.05, 3.63) is 35.6 Å². The van der Waals surface area contributed by atoms with Gasteiger partial charge in [0.2, 0.25) is 10.0 Å². The molecule has 0 bridgehead atoms. The summed E-state index contributed by atoms with van der Waals surface area (Å²) in [6.07, 6.45) is 0.659. The van der Waals surface area contributed by atoms with Crippen LogP contribution in [0.1, 0.15) is 32.8 Å². The second-order valence-electron chi connectivity index (χ2n) is 5.85. The largest absolute Gasteiger partial charge is 0.329 e. The SMILES string of the molecule is CC(C)CC(C)(CN)NS(=O)(=O)Cc1ccc(F)cc1. The number of nitrogens with one attached hydrogen (secondary N) is 1. The van der Waals surface area contributed by atoms with Gasteiger partial charge in [0.1, 0.15) is 5.82 Å². The molecule has 1 atom stereocenters. The van der Waals surface area contributed by atoms with Crippen molar-refractivity contribution in [1.82, 2.24) is 4.72 Å². The quantitative estimate of drug-likeness (QED) is 0.809. The summed E-state index contributed by atoms with van der Waals surface area (Å²) in [5.74, 6) is -0.233. The summed E-state index contributed by atoms with van der Waals surface area (Å²) in [5, 5.41) is 0. The first kappa shape index (κ1) is 17.1. The van der Waals surface area contributed by atoms with Crippen molar-refractivity contribution in [1.29, 1.82) is 0 Å². The minimum absolute atomic E-state index is 0.180. The Morgan fingerprint density at radius 2 is 1.85 bits per heavy atom. The molecule has 1 aromatic carbocycles. The van der Waals surface area contributed by atoms with Crippen molar-refractivity contribution in [3.63, 3.8) is 0 Å². The molecule has 0 aromatic heterocycles. The van der Waals surface area contributed by atoms with Gasteiger partial charge in [0.25, 0.3) is 0 Å². The third-order valence-corrected chi connectivity index (χ3v) is 4.50. The molecule has 1 rings (SSSR count). The molecule has 0 radical (unpaired) electrons. The average molecular weight is 302 g/mol. The van der Waals surface area contributed by atoms with Crippen molar-refractivity contribution in [2.75, 3.05) is 6.54 Å². The van der Waals surface area contributed by atoms with Crippen LogP contribution < -0.4 is 10.5 Å². The second-order valence-corrected chi connectivity index (χ2v) is 7.57. The van der Waals surface area contributed by atoms with E-state index in [4.69, 9.17) is 5.73 Å². The van der Waals surface area contributed by atoms with Gasteiger partial charge in [-0.25, -0.2) is 17.5 Å². The predicted octanol–water partition coefficient (Wildman–Crippen LogP) is 2.01. The number of rotatable bonds is 7. The standard InChI is InChI=1S/C14H23FN2O2S/c1-11(2)8-14(3,10-16)17-20(18,19)9-12-4-6-13(15)7-5-12/h4-7,11,17H,8-10,16H2,1-3H3. The molecule has 0 amide bonds. The summed E-state index contributed by atoms with van der Waals surface area (Å²) in [6, 6.07) is 5.44. The molecule has 0 aliphatic heterocycles.